The molecule has 0 saturated heterocycles. The smallest absolute Gasteiger partial charge is 0.0702 e. The molecule has 3 aromatic carbocycles. The molecular formula is C34H37N. The molecule has 0 unspecified atom stereocenters. The van der Waals surface area contributed by atoms with E-state index in [1.807, 2.05) is 0 Å². The molecule has 0 saturated carbocycles. The fourth-order valence-corrected chi connectivity index (χ4v) is 5.44. The van der Waals surface area contributed by atoms with E-state index in [9.17, 15) is 0 Å². The fourth-order valence-electron chi connectivity index (χ4n) is 5.44. The van der Waals surface area contributed by atoms with Crippen LogP contribution in [0, 0.1) is 5.92 Å². The van der Waals surface area contributed by atoms with Crippen LogP contribution in [0.3, 0.4) is 0 Å². The maximum Gasteiger partial charge on any atom is 0.0702 e. The highest BCUT2D eigenvalue weighted by Crippen LogP contribution is 2.31. The van der Waals surface area contributed by atoms with Crippen LogP contribution in [0.25, 0.3) is 22.4 Å². The third-order valence-corrected chi connectivity index (χ3v) is 7.31. The second kappa shape index (κ2) is 10.2. The third-order valence-electron chi connectivity index (χ3n) is 7.31. The summed E-state index contributed by atoms with van der Waals surface area (Å²) >= 11 is 0. The van der Waals surface area contributed by atoms with E-state index in [0.29, 0.717) is 11.8 Å². The Morgan fingerprint density at radius 3 is 2.14 bits per heavy atom. The second-order valence-corrected chi connectivity index (χ2v) is 10.9. The Hall–Kier alpha value is -3.19. The lowest BCUT2D eigenvalue weighted by atomic mass is 9.87. The number of aryl methyl sites for hydroxylation is 4. The van der Waals surface area contributed by atoms with Gasteiger partial charge in [0.15, 0.2) is 0 Å². The van der Waals surface area contributed by atoms with E-state index in [0.717, 1.165) is 37.8 Å². The quantitative estimate of drug-likeness (QED) is 0.291. The van der Waals surface area contributed by atoms with Gasteiger partial charge in [0, 0.05) is 17.3 Å². The topological polar surface area (TPSA) is 12.9 Å². The first-order valence-corrected chi connectivity index (χ1v) is 13.3. The molecule has 35 heavy (non-hydrogen) atoms. The van der Waals surface area contributed by atoms with Crippen LogP contribution in [0.4, 0.5) is 0 Å². The molecule has 4 bridgehead atoms. The zero-order chi connectivity index (χ0) is 24.4. The minimum atomic E-state index is 0.569. The number of nitrogens with zero attached hydrogens (tertiary/aromatic N) is 1. The molecule has 1 heterocycles. The number of benzene rings is 3. The zero-order valence-electron chi connectivity index (χ0n) is 21.6. The Morgan fingerprint density at radius 2 is 1.43 bits per heavy atom. The number of pyridine rings is 1. The molecule has 4 aromatic rings. The van der Waals surface area contributed by atoms with Gasteiger partial charge in [-0.15, -0.1) is 0 Å². The molecule has 0 radical (unpaired) electrons. The number of hydrogen-bond donors (Lipinski definition) is 0. The summed E-state index contributed by atoms with van der Waals surface area (Å²) in [5.74, 6) is 1.22. The highest BCUT2D eigenvalue weighted by molar-refractivity contribution is 5.70. The molecule has 1 aromatic heterocycles. The lowest BCUT2D eigenvalue weighted by molar-refractivity contribution is 0.647. The minimum Gasteiger partial charge on any atom is -0.256 e. The van der Waals surface area contributed by atoms with E-state index in [2.05, 4.69) is 107 Å². The van der Waals surface area contributed by atoms with Gasteiger partial charge in [0.1, 0.15) is 0 Å². The van der Waals surface area contributed by atoms with E-state index in [1.165, 1.54) is 50.1 Å². The van der Waals surface area contributed by atoms with Gasteiger partial charge >= 0.3 is 0 Å². The van der Waals surface area contributed by atoms with Crippen molar-refractivity contribution in [2.24, 2.45) is 5.92 Å². The third kappa shape index (κ3) is 5.40. The van der Waals surface area contributed by atoms with Crippen molar-refractivity contribution in [2.45, 2.75) is 65.7 Å². The molecule has 0 fully saturated rings. The van der Waals surface area contributed by atoms with Crippen LogP contribution in [-0.4, -0.2) is 4.98 Å². The fraction of sp³-hybridized carbons (Fsp3) is 0.324. The molecule has 0 spiro atoms. The van der Waals surface area contributed by atoms with Gasteiger partial charge in [-0.2, -0.15) is 0 Å². The van der Waals surface area contributed by atoms with Crippen LogP contribution in [-0.2, 0) is 32.1 Å². The Morgan fingerprint density at radius 1 is 0.686 bits per heavy atom. The molecule has 0 aliphatic heterocycles. The van der Waals surface area contributed by atoms with E-state index < -0.39 is 0 Å². The van der Waals surface area contributed by atoms with Gasteiger partial charge in [0.25, 0.3) is 0 Å². The lowest BCUT2D eigenvalue weighted by Crippen LogP contribution is -2.04. The molecular weight excluding hydrogens is 422 g/mol. The Kier molecular flexibility index (Phi) is 6.86. The summed E-state index contributed by atoms with van der Waals surface area (Å²) < 4.78 is 0. The van der Waals surface area contributed by atoms with Crippen molar-refractivity contribution >= 4 is 0 Å². The first-order valence-electron chi connectivity index (χ1n) is 13.3. The van der Waals surface area contributed by atoms with Crippen molar-refractivity contribution in [3.05, 3.63) is 112 Å². The Labute approximate surface area is 211 Å². The van der Waals surface area contributed by atoms with Crippen molar-refractivity contribution < 1.29 is 0 Å². The highest BCUT2D eigenvalue weighted by atomic mass is 14.7. The molecule has 4 aliphatic carbocycles. The molecule has 178 valence electrons. The maximum absolute atomic E-state index is 4.91. The van der Waals surface area contributed by atoms with Crippen LogP contribution in [0.1, 0.15) is 67.0 Å². The normalized spacial score (nSPS) is 13.3. The Bertz CT molecular complexity index is 1310. The van der Waals surface area contributed by atoms with Crippen LogP contribution in [0.5, 0.6) is 0 Å². The van der Waals surface area contributed by atoms with E-state index in [-0.39, 0.29) is 0 Å². The van der Waals surface area contributed by atoms with Crippen LogP contribution in [0.2, 0.25) is 0 Å². The molecule has 1 nitrogen and oxygen atoms in total. The van der Waals surface area contributed by atoms with Gasteiger partial charge in [-0.05, 0) is 95.0 Å². The predicted molar refractivity (Wildman–Crippen MR) is 149 cm³/mol. The van der Waals surface area contributed by atoms with Gasteiger partial charge in [-0.25, -0.2) is 0 Å². The van der Waals surface area contributed by atoms with Crippen molar-refractivity contribution in [3.63, 3.8) is 0 Å². The largest absolute Gasteiger partial charge is 0.256 e. The summed E-state index contributed by atoms with van der Waals surface area (Å²) in [5, 5.41) is 0. The summed E-state index contributed by atoms with van der Waals surface area (Å²) in [5.41, 5.74) is 13.5. The summed E-state index contributed by atoms with van der Waals surface area (Å²) in [6.07, 6.45) is 7.45. The standard InChI is InChI=1S/C34H37N/c1-23(2)18-27-6-5-7-30(19-27)34-17-16-31(22-35-34)33-21-26-9-13-28-12-8-25(20-32(28)24(3)4)10-14-29(33)15-11-26/h5-8,11-12,15-17,19-24H,9-10,13-14,18H2,1-4H3. The van der Waals surface area contributed by atoms with Crippen molar-refractivity contribution in [2.75, 3.05) is 0 Å². The summed E-state index contributed by atoms with van der Waals surface area (Å²) in [6, 6.07) is 27.6. The van der Waals surface area contributed by atoms with Crippen LogP contribution >= 0.6 is 0 Å². The van der Waals surface area contributed by atoms with Gasteiger partial charge < -0.3 is 0 Å². The van der Waals surface area contributed by atoms with Gasteiger partial charge in [-0.3, -0.25) is 4.98 Å². The number of rotatable bonds is 5. The van der Waals surface area contributed by atoms with Crippen molar-refractivity contribution in [3.8, 4) is 22.4 Å². The highest BCUT2D eigenvalue weighted by Gasteiger charge is 2.14. The van der Waals surface area contributed by atoms with Gasteiger partial charge in [0.05, 0.1) is 5.69 Å². The average Bonchev–Trinajstić information content (AvgIpc) is 2.85. The average molecular weight is 460 g/mol. The zero-order valence-corrected chi connectivity index (χ0v) is 21.6. The number of hydrogen-bond acceptors (Lipinski definition) is 1. The molecule has 8 rings (SSSR count). The second-order valence-electron chi connectivity index (χ2n) is 10.9. The van der Waals surface area contributed by atoms with Crippen LogP contribution < -0.4 is 0 Å². The lowest BCUT2D eigenvalue weighted by Gasteiger charge is -2.18. The first-order chi connectivity index (χ1) is 17.0. The maximum atomic E-state index is 4.91. The SMILES string of the molecule is CC(C)Cc1cccc(-c2ccc(-c3cc4ccc3CCc3ccc(c(C(C)C)c3)CC4)cn2)c1. The van der Waals surface area contributed by atoms with Gasteiger partial charge in [0.2, 0.25) is 0 Å². The number of aromatic nitrogens is 1. The van der Waals surface area contributed by atoms with Crippen LogP contribution in [0.15, 0.2) is 79.0 Å². The monoisotopic (exact) mass is 459 g/mol. The predicted octanol–water partition coefficient (Wildman–Crippen LogP) is 8.62. The molecule has 1 heteroatoms. The Balaban J connectivity index is 1.45. The summed E-state index contributed by atoms with van der Waals surface area (Å²) in [6.45, 7) is 9.17. The first kappa shape index (κ1) is 23.5. The van der Waals surface area contributed by atoms with Crippen molar-refractivity contribution in [1.29, 1.82) is 0 Å². The van der Waals surface area contributed by atoms with Gasteiger partial charge in [-0.1, -0.05) is 88.4 Å². The van der Waals surface area contributed by atoms with Crippen molar-refractivity contribution in [1.82, 2.24) is 4.98 Å². The molecule has 0 atom stereocenters. The van der Waals surface area contributed by atoms with E-state index in [1.54, 1.807) is 0 Å². The minimum absolute atomic E-state index is 0.569. The van der Waals surface area contributed by atoms with E-state index in [4.69, 9.17) is 4.98 Å². The van der Waals surface area contributed by atoms with E-state index >= 15 is 0 Å². The molecule has 0 amide bonds. The summed E-state index contributed by atoms with van der Waals surface area (Å²) in [4.78, 5) is 4.91. The molecule has 0 N–H and O–H groups in total. The summed E-state index contributed by atoms with van der Waals surface area (Å²) in [7, 11) is 0. The molecule has 4 aliphatic rings.